The van der Waals surface area contributed by atoms with Crippen molar-refractivity contribution < 1.29 is 0 Å². The maximum Gasteiger partial charge on any atom is 0.180 e. The third kappa shape index (κ3) is 2.07. The molecule has 2 fully saturated rings. The van der Waals surface area contributed by atoms with E-state index < -0.39 is 0 Å². The lowest BCUT2D eigenvalue weighted by atomic mass is 10.1. The van der Waals surface area contributed by atoms with Gasteiger partial charge in [-0.15, -0.1) is 11.3 Å². The number of aromatic nitrogens is 1. The van der Waals surface area contributed by atoms with Crippen molar-refractivity contribution in [2.75, 3.05) is 31.9 Å². The summed E-state index contributed by atoms with van der Waals surface area (Å²) in [5, 5.41) is 0.689. The molecular weight excluding hydrogens is 220 g/mol. The van der Waals surface area contributed by atoms with E-state index in [0.717, 1.165) is 12.6 Å². The van der Waals surface area contributed by atoms with Crippen LogP contribution in [-0.2, 0) is 6.54 Å². The Hall–Kier alpha value is -0.650. The lowest BCUT2D eigenvalue weighted by molar-refractivity contribution is 0.100. The van der Waals surface area contributed by atoms with Gasteiger partial charge in [0.05, 0.1) is 0 Å². The van der Waals surface area contributed by atoms with Crippen LogP contribution < -0.4 is 5.73 Å². The molecule has 2 saturated heterocycles. The quantitative estimate of drug-likeness (QED) is 0.835. The molecule has 2 aliphatic rings. The van der Waals surface area contributed by atoms with E-state index in [1.807, 2.05) is 6.20 Å². The number of fused-ring (bicyclic) bond motifs is 1. The van der Waals surface area contributed by atoms with Crippen LogP contribution in [0.25, 0.3) is 0 Å². The summed E-state index contributed by atoms with van der Waals surface area (Å²) in [6, 6.07) is 0.805. The minimum Gasteiger partial charge on any atom is -0.375 e. The van der Waals surface area contributed by atoms with Gasteiger partial charge in [-0.2, -0.15) is 0 Å². The zero-order chi connectivity index (χ0) is 11.0. The van der Waals surface area contributed by atoms with Gasteiger partial charge in [0.2, 0.25) is 0 Å². The fourth-order valence-electron chi connectivity index (χ4n) is 2.82. The molecule has 16 heavy (non-hydrogen) atoms. The molecule has 1 aromatic rings. The first kappa shape index (κ1) is 10.5. The minimum atomic E-state index is 0.689. The van der Waals surface area contributed by atoms with Crippen LogP contribution in [0.15, 0.2) is 6.20 Å². The molecule has 3 heterocycles. The molecule has 0 spiro atoms. The summed E-state index contributed by atoms with van der Waals surface area (Å²) >= 11 is 1.62. The van der Waals surface area contributed by atoms with Gasteiger partial charge in [0.25, 0.3) is 0 Å². The molecule has 1 unspecified atom stereocenters. The lowest BCUT2D eigenvalue weighted by Gasteiger charge is -2.37. The zero-order valence-electron chi connectivity index (χ0n) is 9.43. The Bertz CT molecular complexity index is 365. The Labute approximate surface area is 100 Å². The molecule has 2 N–H and O–H groups in total. The second-order valence-corrected chi connectivity index (χ2v) is 5.88. The second-order valence-electron chi connectivity index (χ2n) is 4.73. The van der Waals surface area contributed by atoms with Gasteiger partial charge in [-0.3, -0.25) is 9.80 Å². The summed E-state index contributed by atoms with van der Waals surface area (Å²) < 4.78 is 0. The van der Waals surface area contributed by atoms with Crippen LogP contribution in [0.3, 0.4) is 0 Å². The molecule has 0 radical (unpaired) electrons. The van der Waals surface area contributed by atoms with E-state index in [4.69, 9.17) is 5.73 Å². The van der Waals surface area contributed by atoms with Crippen molar-refractivity contribution in [3.63, 3.8) is 0 Å². The molecule has 2 aliphatic heterocycles. The number of nitrogens with two attached hydrogens (primary N) is 1. The Morgan fingerprint density at radius 1 is 1.44 bits per heavy atom. The topological polar surface area (TPSA) is 45.4 Å². The molecule has 1 atom stereocenters. The van der Waals surface area contributed by atoms with Crippen LogP contribution in [-0.4, -0.2) is 47.0 Å². The van der Waals surface area contributed by atoms with E-state index in [9.17, 15) is 0 Å². The van der Waals surface area contributed by atoms with Crippen molar-refractivity contribution in [1.29, 1.82) is 0 Å². The second kappa shape index (κ2) is 4.31. The highest BCUT2D eigenvalue weighted by molar-refractivity contribution is 7.15. The number of rotatable bonds is 2. The number of hydrogen-bond donors (Lipinski definition) is 1. The van der Waals surface area contributed by atoms with Gasteiger partial charge in [0.15, 0.2) is 5.13 Å². The van der Waals surface area contributed by atoms with E-state index in [1.165, 1.54) is 43.9 Å². The largest absolute Gasteiger partial charge is 0.375 e. The van der Waals surface area contributed by atoms with Crippen LogP contribution >= 0.6 is 11.3 Å². The van der Waals surface area contributed by atoms with Gasteiger partial charge in [-0.05, 0) is 19.4 Å². The first-order valence-corrected chi connectivity index (χ1v) is 6.79. The number of nitrogen functional groups attached to an aromatic ring is 1. The van der Waals surface area contributed by atoms with Crippen molar-refractivity contribution in [2.45, 2.75) is 25.4 Å². The molecule has 5 heteroatoms. The summed E-state index contributed by atoms with van der Waals surface area (Å²) in [5.41, 5.74) is 5.65. The smallest absolute Gasteiger partial charge is 0.180 e. The average molecular weight is 238 g/mol. The Kier molecular flexibility index (Phi) is 2.83. The van der Waals surface area contributed by atoms with E-state index in [-0.39, 0.29) is 0 Å². The zero-order valence-corrected chi connectivity index (χ0v) is 10.2. The summed E-state index contributed by atoms with van der Waals surface area (Å²) in [6.45, 7) is 5.98. The molecule has 0 bridgehead atoms. The van der Waals surface area contributed by atoms with E-state index in [0.29, 0.717) is 5.13 Å². The Balaban J connectivity index is 1.60. The molecule has 0 saturated carbocycles. The Morgan fingerprint density at radius 2 is 2.38 bits per heavy atom. The van der Waals surface area contributed by atoms with Gasteiger partial charge < -0.3 is 5.73 Å². The van der Waals surface area contributed by atoms with Gasteiger partial charge in [0.1, 0.15) is 0 Å². The first-order valence-electron chi connectivity index (χ1n) is 5.98. The predicted octanol–water partition coefficient (Wildman–Crippen LogP) is 1.01. The summed E-state index contributed by atoms with van der Waals surface area (Å²) in [6.07, 6.45) is 4.67. The third-order valence-corrected chi connectivity index (χ3v) is 4.43. The maximum atomic E-state index is 5.65. The number of thiazole rings is 1. The lowest BCUT2D eigenvalue weighted by Crippen LogP contribution is -2.49. The number of nitrogens with zero attached hydrogens (tertiary/aromatic N) is 3. The highest BCUT2D eigenvalue weighted by Gasteiger charge is 2.30. The minimum absolute atomic E-state index is 0.689. The van der Waals surface area contributed by atoms with Crippen LogP contribution in [0.1, 0.15) is 17.7 Å². The number of piperazine rings is 1. The monoisotopic (exact) mass is 238 g/mol. The van der Waals surface area contributed by atoms with Gasteiger partial charge >= 0.3 is 0 Å². The first-order chi connectivity index (χ1) is 7.81. The molecule has 88 valence electrons. The van der Waals surface area contributed by atoms with Crippen LogP contribution in [0.4, 0.5) is 5.13 Å². The standard InChI is InChI=1S/C11H18N4S/c12-11-13-6-10(16-11)8-14-4-5-15-3-1-2-9(15)7-14/h6,9H,1-5,7-8H2,(H2,12,13). The van der Waals surface area contributed by atoms with Crippen molar-refractivity contribution in [2.24, 2.45) is 0 Å². The summed E-state index contributed by atoms with van der Waals surface area (Å²) in [4.78, 5) is 10.6. The number of anilines is 1. The van der Waals surface area contributed by atoms with Gasteiger partial charge in [0, 0.05) is 43.3 Å². The van der Waals surface area contributed by atoms with Gasteiger partial charge in [-0.25, -0.2) is 4.98 Å². The molecule has 4 nitrogen and oxygen atoms in total. The molecule has 0 aliphatic carbocycles. The van der Waals surface area contributed by atoms with E-state index in [1.54, 1.807) is 11.3 Å². The molecule has 1 aromatic heterocycles. The van der Waals surface area contributed by atoms with Gasteiger partial charge in [-0.1, -0.05) is 0 Å². The van der Waals surface area contributed by atoms with Crippen LogP contribution in [0, 0.1) is 0 Å². The highest BCUT2D eigenvalue weighted by atomic mass is 32.1. The fraction of sp³-hybridized carbons (Fsp3) is 0.727. The van der Waals surface area contributed by atoms with Crippen molar-refractivity contribution >= 4 is 16.5 Å². The van der Waals surface area contributed by atoms with Crippen molar-refractivity contribution in [1.82, 2.24) is 14.8 Å². The summed E-state index contributed by atoms with van der Waals surface area (Å²) in [7, 11) is 0. The Morgan fingerprint density at radius 3 is 3.19 bits per heavy atom. The molecule has 3 rings (SSSR count). The fourth-order valence-corrected chi connectivity index (χ4v) is 3.54. The maximum absolute atomic E-state index is 5.65. The van der Waals surface area contributed by atoms with Crippen molar-refractivity contribution in [3.05, 3.63) is 11.1 Å². The molecule has 0 aromatic carbocycles. The van der Waals surface area contributed by atoms with Crippen molar-refractivity contribution in [3.8, 4) is 0 Å². The highest BCUT2D eigenvalue weighted by Crippen LogP contribution is 2.24. The van der Waals surface area contributed by atoms with E-state index >= 15 is 0 Å². The predicted molar refractivity (Wildman–Crippen MR) is 66.4 cm³/mol. The van der Waals surface area contributed by atoms with Crippen LogP contribution in [0.5, 0.6) is 0 Å². The normalized spacial score (nSPS) is 27.1. The average Bonchev–Trinajstić information content (AvgIpc) is 2.87. The molecule has 0 amide bonds. The SMILES string of the molecule is Nc1ncc(CN2CCN3CCCC3C2)s1. The number of hydrogen-bond acceptors (Lipinski definition) is 5. The molecular formula is C11H18N4S. The van der Waals surface area contributed by atoms with Crippen LogP contribution in [0.2, 0.25) is 0 Å². The van der Waals surface area contributed by atoms with E-state index in [2.05, 4.69) is 14.8 Å². The third-order valence-electron chi connectivity index (χ3n) is 3.62. The summed E-state index contributed by atoms with van der Waals surface area (Å²) in [5.74, 6) is 0.